The van der Waals surface area contributed by atoms with E-state index in [4.69, 9.17) is 4.74 Å². The Kier molecular flexibility index (Phi) is 11.5. The molecule has 7 nitrogen and oxygen atoms in total. The van der Waals surface area contributed by atoms with E-state index in [1.165, 1.54) is 12.1 Å². The van der Waals surface area contributed by atoms with Crippen molar-refractivity contribution in [1.29, 1.82) is 0 Å². The van der Waals surface area contributed by atoms with Gasteiger partial charge in [0, 0.05) is 31.7 Å². The van der Waals surface area contributed by atoms with Crippen LogP contribution < -0.4 is 10.6 Å². The van der Waals surface area contributed by atoms with Crippen LogP contribution in [-0.2, 0) is 27.4 Å². The van der Waals surface area contributed by atoms with E-state index < -0.39 is 41.7 Å². The fraction of sp³-hybridized carbons (Fsp3) is 0.576. The van der Waals surface area contributed by atoms with Gasteiger partial charge in [0.25, 0.3) is 0 Å². The summed E-state index contributed by atoms with van der Waals surface area (Å²) in [6, 6.07) is 11.8. The fourth-order valence-electron chi connectivity index (χ4n) is 6.17. The second-order valence-corrected chi connectivity index (χ2v) is 12.2. The van der Waals surface area contributed by atoms with Crippen molar-refractivity contribution in [2.24, 2.45) is 17.8 Å². The molecule has 0 spiro atoms. The van der Waals surface area contributed by atoms with Crippen molar-refractivity contribution in [3.63, 3.8) is 0 Å². The van der Waals surface area contributed by atoms with Gasteiger partial charge in [-0.05, 0) is 54.9 Å². The van der Waals surface area contributed by atoms with E-state index in [9.17, 15) is 23.5 Å². The summed E-state index contributed by atoms with van der Waals surface area (Å²) >= 11 is 0. The van der Waals surface area contributed by atoms with Crippen LogP contribution in [0.4, 0.5) is 8.78 Å². The number of aliphatic hydroxyl groups is 1. The van der Waals surface area contributed by atoms with Gasteiger partial charge in [0.05, 0.1) is 36.7 Å². The normalized spacial score (nSPS) is 23.9. The molecule has 0 radical (unpaired) electrons. The minimum Gasteiger partial charge on any atom is -0.389 e. The van der Waals surface area contributed by atoms with Crippen LogP contribution >= 0.6 is 0 Å². The van der Waals surface area contributed by atoms with E-state index in [-0.39, 0.29) is 30.3 Å². The first-order valence-corrected chi connectivity index (χ1v) is 15.3. The average molecular weight is 586 g/mol. The summed E-state index contributed by atoms with van der Waals surface area (Å²) in [6.45, 7) is 8.04. The molecule has 230 valence electrons. The highest BCUT2D eigenvalue weighted by molar-refractivity contribution is 5.91. The minimum absolute atomic E-state index is 0.00235. The molecular formula is C33H45F2N3O4. The summed E-state index contributed by atoms with van der Waals surface area (Å²) in [4.78, 5) is 28.8. The van der Waals surface area contributed by atoms with E-state index in [0.29, 0.717) is 44.6 Å². The van der Waals surface area contributed by atoms with Crippen molar-refractivity contribution in [2.45, 2.75) is 83.8 Å². The highest BCUT2D eigenvalue weighted by Gasteiger charge is 2.45. The largest absolute Gasteiger partial charge is 0.389 e. The lowest BCUT2D eigenvalue weighted by Gasteiger charge is -2.30. The Morgan fingerprint density at radius 1 is 1.14 bits per heavy atom. The zero-order valence-corrected chi connectivity index (χ0v) is 24.9. The standard InChI is InChI=1S/C33H45F2N3O4/c1-4-5-11-38-19-28(27(33(38)41)12-21(2)3)32(40)37-30(15-23-13-24(34)16-25(35)14-23)31(39)29-17-26(18-36-29)42-20-22-9-7-6-8-10-22/h6-10,13-14,16,21,26-31,36,39H,4-5,11-12,15,17-20H2,1-3H3,(H,37,40)/t26-,27?,28?,29-,30+,31-/m1/s1. The third-order valence-electron chi connectivity index (χ3n) is 8.36. The second kappa shape index (κ2) is 15.0. The first kappa shape index (κ1) is 32.0. The summed E-state index contributed by atoms with van der Waals surface area (Å²) in [7, 11) is 0. The van der Waals surface area contributed by atoms with Gasteiger partial charge in [-0.2, -0.15) is 0 Å². The number of benzene rings is 2. The highest BCUT2D eigenvalue weighted by Crippen LogP contribution is 2.31. The van der Waals surface area contributed by atoms with Crippen LogP contribution in [0.15, 0.2) is 48.5 Å². The van der Waals surface area contributed by atoms with E-state index >= 15 is 0 Å². The lowest BCUT2D eigenvalue weighted by Crippen LogP contribution is -2.54. The Morgan fingerprint density at radius 2 is 1.86 bits per heavy atom. The van der Waals surface area contributed by atoms with Crippen LogP contribution in [0.2, 0.25) is 0 Å². The molecule has 0 aliphatic carbocycles. The van der Waals surface area contributed by atoms with Gasteiger partial charge < -0.3 is 25.4 Å². The van der Waals surface area contributed by atoms with E-state index in [1.807, 2.05) is 44.2 Å². The topological polar surface area (TPSA) is 90.9 Å². The maximum absolute atomic E-state index is 14.1. The number of nitrogens with zero attached hydrogens (tertiary/aromatic N) is 1. The van der Waals surface area contributed by atoms with Gasteiger partial charge in [-0.15, -0.1) is 0 Å². The summed E-state index contributed by atoms with van der Waals surface area (Å²) in [5.74, 6) is -2.53. The van der Waals surface area contributed by atoms with Gasteiger partial charge in [0.15, 0.2) is 0 Å². The Morgan fingerprint density at radius 3 is 2.52 bits per heavy atom. The molecule has 0 bridgehead atoms. The number of rotatable bonds is 14. The minimum atomic E-state index is -1.05. The molecule has 2 saturated heterocycles. The van der Waals surface area contributed by atoms with E-state index in [1.54, 1.807) is 4.90 Å². The molecule has 6 atom stereocenters. The smallest absolute Gasteiger partial charge is 0.226 e. The van der Waals surface area contributed by atoms with Crippen LogP contribution in [0.1, 0.15) is 57.6 Å². The van der Waals surface area contributed by atoms with Crippen molar-refractivity contribution in [3.05, 3.63) is 71.3 Å². The summed E-state index contributed by atoms with van der Waals surface area (Å²) < 4.78 is 34.2. The monoisotopic (exact) mass is 585 g/mol. The number of hydrogen-bond donors (Lipinski definition) is 3. The van der Waals surface area contributed by atoms with E-state index in [0.717, 1.165) is 24.5 Å². The van der Waals surface area contributed by atoms with Gasteiger partial charge in [-0.1, -0.05) is 57.5 Å². The number of aliphatic hydroxyl groups excluding tert-OH is 1. The molecule has 2 fully saturated rings. The molecule has 4 rings (SSSR count). The molecule has 0 aromatic heterocycles. The number of amides is 2. The predicted molar refractivity (Wildman–Crippen MR) is 157 cm³/mol. The average Bonchev–Trinajstić information content (AvgIpc) is 3.54. The first-order chi connectivity index (χ1) is 20.1. The van der Waals surface area contributed by atoms with Gasteiger partial charge in [-0.3, -0.25) is 9.59 Å². The molecule has 2 aromatic carbocycles. The predicted octanol–water partition coefficient (Wildman–Crippen LogP) is 4.22. The van der Waals surface area contributed by atoms with Gasteiger partial charge in [-0.25, -0.2) is 8.78 Å². The van der Waals surface area contributed by atoms with Crippen molar-refractivity contribution < 1.29 is 28.2 Å². The Hall–Kier alpha value is -2.88. The lowest BCUT2D eigenvalue weighted by atomic mass is 9.86. The van der Waals surface area contributed by atoms with E-state index in [2.05, 4.69) is 17.6 Å². The molecule has 0 saturated carbocycles. The van der Waals surface area contributed by atoms with Crippen molar-refractivity contribution in [2.75, 3.05) is 19.6 Å². The molecule has 2 heterocycles. The Bertz CT molecular complexity index is 1160. The molecule has 2 aliphatic heterocycles. The number of likely N-dealkylation sites (tertiary alicyclic amines) is 1. The van der Waals surface area contributed by atoms with Crippen LogP contribution in [0.5, 0.6) is 0 Å². The first-order valence-electron chi connectivity index (χ1n) is 15.3. The Balaban J connectivity index is 1.48. The van der Waals surface area contributed by atoms with Crippen molar-refractivity contribution >= 4 is 11.8 Å². The zero-order chi connectivity index (χ0) is 30.2. The van der Waals surface area contributed by atoms with Crippen LogP contribution in [-0.4, -0.2) is 65.7 Å². The molecule has 2 unspecified atom stereocenters. The third kappa shape index (κ3) is 8.58. The Labute approximate surface area is 248 Å². The van der Waals surface area contributed by atoms with Crippen molar-refractivity contribution in [1.82, 2.24) is 15.5 Å². The molecule has 3 N–H and O–H groups in total. The number of ether oxygens (including phenoxy) is 1. The second-order valence-electron chi connectivity index (χ2n) is 12.2. The summed E-state index contributed by atoms with van der Waals surface area (Å²) in [5, 5.41) is 17.8. The summed E-state index contributed by atoms with van der Waals surface area (Å²) in [6.07, 6.45) is 1.75. The maximum Gasteiger partial charge on any atom is 0.226 e. The number of halogens is 2. The SMILES string of the molecule is CCCCN1CC(C(=O)N[C@@H](Cc2cc(F)cc(F)c2)[C@H](O)[C@H]2C[C@@H](OCc3ccccc3)CN2)C(CC(C)C)C1=O. The van der Waals surface area contributed by atoms with Gasteiger partial charge in [0.1, 0.15) is 11.6 Å². The van der Waals surface area contributed by atoms with Crippen LogP contribution in [0.3, 0.4) is 0 Å². The molecule has 2 amide bonds. The third-order valence-corrected chi connectivity index (χ3v) is 8.36. The van der Waals surface area contributed by atoms with Crippen molar-refractivity contribution in [3.8, 4) is 0 Å². The number of carbonyl (C=O) groups excluding carboxylic acids is 2. The molecule has 2 aliphatic rings. The summed E-state index contributed by atoms with van der Waals surface area (Å²) in [5.41, 5.74) is 1.38. The fourth-order valence-corrected chi connectivity index (χ4v) is 6.17. The molecule has 2 aromatic rings. The molecule has 9 heteroatoms. The quantitative estimate of drug-likeness (QED) is 0.309. The lowest BCUT2D eigenvalue weighted by molar-refractivity contribution is -0.134. The zero-order valence-electron chi connectivity index (χ0n) is 24.9. The molecule has 42 heavy (non-hydrogen) atoms. The maximum atomic E-state index is 14.1. The van der Waals surface area contributed by atoms with Gasteiger partial charge >= 0.3 is 0 Å². The van der Waals surface area contributed by atoms with Crippen LogP contribution in [0.25, 0.3) is 0 Å². The number of nitrogens with one attached hydrogen (secondary N) is 2. The van der Waals surface area contributed by atoms with Crippen LogP contribution in [0, 0.1) is 29.4 Å². The van der Waals surface area contributed by atoms with Gasteiger partial charge in [0.2, 0.25) is 11.8 Å². The number of hydrogen-bond acceptors (Lipinski definition) is 5. The number of unbranched alkanes of at least 4 members (excludes halogenated alkanes) is 1. The number of carbonyl (C=O) groups is 2. The highest BCUT2D eigenvalue weighted by atomic mass is 19.1. The molecular weight excluding hydrogens is 540 g/mol.